The van der Waals surface area contributed by atoms with Crippen LogP contribution < -0.4 is 4.90 Å². The van der Waals surface area contributed by atoms with Crippen molar-refractivity contribution in [1.29, 1.82) is 0 Å². The molecule has 2 atom stereocenters. The molecule has 1 amide bonds. The number of rotatable bonds is 4. The standard InChI is InChI=1S/C16H22ClNO3/c1-9-7-8-10(2)14(11(9)3)18(15(19)12(4)17)13(5)16(20)21-6/h7-8,12-13H,1-6H3. The summed E-state index contributed by atoms with van der Waals surface area (Å²) in [4.78, 5) is 25.9. The maximum atomic E-state index is 12.5. The van der Waals surface area contributed by atoms with Crippen LogP contribution in [0.4, 0.5) is 5.69 Å². The zero-order valence-corrected chi connectivity index (χ0v) is 14.1. The van der Waals surface area contributed by atoms with Gasteiger partial charge in [-0.05, 0) is 51.3 Å². The maximum absolute atomic E-state index is 12.5. The molecule has 1 aromatic rings. The highest BCUT2D eigenvalue weighted by Crippen LogP contribution is 2.30. The minimum Gasteiger partial charge on any atom is -0.467 e. The van der Waals surface area contributed by atoms with Crippen LogP contribution >= 0.6 is 11.6 Å². The molecule has 0 spiro atoms. The number of amides is 1. The minimum absolute atomic E-state index is 0.314. The van der Waals surface area contributed by atoms with Crippen LogP contribution in [0.15, 0.2) is 12.1 Å². The SMILES string of the molecule is COC(=O)C(C)N(C(=O)C(C)Cl)c1c(C)ccc(C)c1C. The van der Waals surface area contributed by atoms with E-state index in [4.69, 9.17) is 16.3 Å². The number of carbonyl (C=O) groups is 2. The summed E-state index contributed by atoms with van der Waals surface area (Å²) in [5.41, 5.74) is 3.65. The first-order valence-electron chi connectivity index (χ1n) is 6.84. The number of hydrogen-bond donors (Lipinski definition) is 0. The first kappa shape index (κ1) is 17.5. The largest absolute Gasteiger partial charge is 0.467 e. The molecule has 0 heterocycles. The lowest BCUT2D eigenvalue weighted by Gasteiger charge is -2.31. The van der Waals surface area contributed by atoms with E-state index in [-0.39, 0.29) is 5.91 Å². The molecule has 116 valence electrons. The Bertz CT molecular complexity index is 555. The van der Waals surface area contributed by atoms with Crippen molar-refractivity contribution in [3.8, 4) is 0 Å². The van der Waals surface area contributed by atoms with E-state index in [0.29, 0.717) is 0 Å². The molecule has 1 aromatic carbocycles. The summed E-state index contributed by atoms with van der Waals surface area (Å²) in [6.45, 7) is 9.05. The average molecular weight is 312 g/mol. The summed E-state index contributed by atoms with van der Waals surface area (Å²) >= 11 is 5.97. The van der Waals surface area contributed by atoms with Crippen molar-refractivity contribution in [2.75, 3.05) is 12.0 Å². The van der Waals surface area contributed by atoms with Crippen molar-refractivity contribution < 1.29 is 14.3 Å². The van der Waals surface area contributed by atoms with Gasteiger partial charge in [0.1, 0.15) is 11.4 Å². The van der Waals surface area contributed by atoms with Crippen LogP contribution in [0, 0.1) is 20.8 Å². The molecular weight excluding hydrogens is 290 g/mol. The summed E-state index contributed by atoms with van der Waals surface area (Å²) < 4.78 is 4.78. The molecule has 0 fully saturated rings. The predicted octanol–water partition coefficient (Wildman–Crippen LogP) is 3.13. The summed E-state index contributed by atoms with van der Waals surface area (Å²) in [6.07, 6.45) is 0. The van der Waals surface area contributed by atoms with E-state index in [1.165, 1.54) is 12.0 Å². The van der Waals surface area contributed by atoms with Crippen LogP contribution in [0.1, 0.15) is 30.5 Å². The summed E-state index contributed by atoms with van der Waals surface area (Å²) in [7, 11) is 1.31. The van der Waals surface area contributed by atoms with Gasteiger partial charge in [0.2, 0.25) is 5.91 Å². The molecule has 21 heavy (non-hydrogen) atoms. The third kappa shape index (κ3) is 3.56. The fourth-order valence-electron chi connectivity index (χ4n) is 2.27. The second-order valence-electron chi connectivity index (χ2n) is 5.20. The highest BCUT2D eigenvalue weighted by atomic mass is 35.5. The van der Waals surface area contributed by atoms with E-state index in [1.54, 1.807) is 13.8 Å². The van der Waals surface area contributed by atoms with Gasteiger partial charge < -0.3 is 4.74 Å². The molecule has 5 heteroatoms. The molecular formula is C16H22ClNO3. The lowest BCUT2D eigenvalue weighted by molar-refractivity contribution is -0.143. The molecule has 0 aromatic heterocycles. The Balaban J connectivity index is 3.48. The van der Waals surface area contributed by atoms with E-state index in [2.05, 4.69) is 0 Å². The normalized spacial score (nSPS) is 13.5. The molecule has 0 N–H and O–H groups in total. The first-order valence-corrected chi connectivity index (χ1v) is 7.27. The molecule has 0 radical (unpaired) electrons. The Morgan fingerprint density at radius 1 is 1.14 bits per heavy atom. The Morgan fingerprint density at radius 2 is 1.67 bits per heavy atom. The topological polar surface area (TPSA) is 46.6 Å². The molecule has 0 aliphatic rings. The van der Waals surface area contributed by atoms with Gasteiger partial charge in [-0.15, -0.1) is 11.6 Å². The zero-order chi connectivity index (χ0) is 16.3. The van der Waals surface area contributed by atoms with Crippen molar-refractivity contribution in [3.63, 3.8) is 0 Å². The number of carbonyl (C=O) groups excluding carboxylic acids is 2. The van der Waals surface area contributed by atoms with Gasteiger partial charge in [-0.3, -0.25) is 9.69 Å². The number of aryl methyl sites for hydroxylation is 2. The third-order valence-corrected chi connectivity index (χ3v) is 3.84. The second kappa shape index (κ2) is 6.94. The second-order valence-corrected chi connectivity index (χ2v) is 5.85. The van der Waals surface area contributed by atoms with Crippen LogP contribution in [0.25, 0.3) is 0 Å². The predicted molar refractivity (Wildman–Crippen MR) is 84.9 cm³/mol. The molecule has 0 saturated heterocycles. The number of halogens is 1. The lowest BCUT2D eigenvalue weighted by Crippen LogP contribution is -2.47. The van der Waals surface area contributed by atoms with Crippen LogP contribution in [-0.2, 0) is 14.3 Å². The van der Waals surface area contributed by atoms with Gasteiger partial charge in [0.15, 0.2) is 0 Å². The maximum Gasteiger partial charge on any atom is 0.328 e. The monoisotopic (exact) mass is 311 g/mol. The lowest BCUT2D eigenvalue weighted by atomic mass is 10.0. The summed E-state index contributed by atoms with van der Waals surface area (Å²) in [5, 5.41) is -0.726. The fraction of sp³-hybridized carbons (Fsp3) is 0.500. The third-order valence-electron chi connectivity index (χ3n) is 3.65. The molecule has 2 unspecified atom stereocenters. The van der Waals surface area contributed by atoms with E-state index in [0.717, 1.165) is 22.4 Å². The van der Waals surface area contributed by atoms with Crippen LogP contribution in [0.5, 0.6) is 0 Å². The Morgan fingerprint density at radius 3 is 2.14 bits per heavy atom. The van der Waals surface area contributed by atoms with Crippen molar-refractivity contribution in [2.45, 2.75) is 46.0 Å². The van der Waals surface area contributed by atoms with Gasteiger partial charge in [0.05, 0.1) is 12.8 Å². The molecule has 0 aliphatic heterocycles. The van der Waals surface area contributed by atoms with Crippen molar-refractivity contribution in [1.82, 2.24) is 0 Å². The highest BCUT2D eigenvalue weighted by Gasteiger charge is 2.32. The van der Waals surface area contributed by atoms with E-state index in [1.807, 2.05) is 32.9 Å². The summed E-state index contributed by atoms with van der Waals surface area (Å²) in [5.74, 6) is -0.785. The van der Waals surface area contributed by atoms with Crippen molar-refractivity contribution in [3.05, 3.63) is 28.8 Å². The number of anilines is 1. The summed E-state index contributed by atoms with van der Waals surface area (Å²) in [6, 6.07) is 3.19. The van der Waals surface area contributed by atoms with Crippen molar-refractivity contribution in [2.24, 2.45) is 0 Å². The van der Waals surface area contributed by atoms with E-state index >= 15 is 0 Å². The van der Waals surface area contributed by atoms with Crippen LogP contribution in [0.3, 0.4) is 0 Å². The number of benzene rings is 1. The number of ether oxygens (including phenoxy) is 1. The Hall–Kier alpha value is -1.55. The van der Waals surface area contributed by atoms with Gasteiger partial charge >= 0.3 is 5.97 Å². The van der Waals surface area contributed by atoms with Gasteiger partial charge in [0, 0.05) is 0 Å². The number of hydrogen-bond acceptors (Lipinski definition) is 3. The Kier molecular flexibility index (Phi) is 5.78. The van der Waals surface area contributed by atoms with Gasteiger partial charge in [0.25, 0.3) is 0 Å². The number of methoxy groups -OCH3 is 1. The smallest absolute Gasteiger partial charge is 0.328 e. The van der Waals surface area contributed by atoms with Gasteiger partial charge in [-0.1, -0.05) is 12.1 Å². The van der Waals surface area contributed by atoms with Crippen LogP contribution in [-0.4, -0.2) is 30.4 Å². The van der Waals surface area contributed by atoms with E-state index < -0.39 is 17.4 Å². The molecule has 0 saturated carbocycles. The Labute approximate surface area is 131 Å². The van der Waals surface area contributed by atoms with Crippen molar-refractivity contribution >= 4 is 29.2 Å². The van der Waals surface area contributed by atoms with Gasteiger partial charge in [-0.25, -0.2) is 4.79 Å². The number of alkyl halides is 1. The molecule has 4 nitrogen and oxygen atoms in total. The highest BCUT2D eigenvalue weighted by molar-refractivity contribution is 6.33. The fourth-order valence-corrected chi connectivity index (χ4v) is 2.37. The molecule has 1 rings (SSSR count). The quantitative estimate of drug-likeness (QED) is 0.634. The molecule has 0 bridgehead atoms. The number of nitrogens with zero attached hydrogens (tertiary/aromatic N) is 1. The zero-order valence-electron chi connectivity index (χ0n) is 13.4. The average Bonchev–Trinajstić information content (AvgIpc) is 2.45. The van der Waals surface area contributed by atoms with Crippen LogP contribution in [0.2, 0.25) is 0 Å². The minimum atomic E-state index is -0.733. The van der Waals surface area contributed by atoms with Gasteiger partial charge in [-0.2, -0.15) is 0 Å². The van der Waals surface area contributed by atoms with E-state index in [9.17, 15) is 9.59 Å². The molecule has 0 aliphatic carbocycles. The number of esters is 1. The first-order chi connectivity index (χ1) is 9.72.